The number of methoxy groups -OCH3 is 1. The molecule has 106 valence electrons. The van der Waals surface area contributed by atoms with E-state index in [0.29, 0.717) is 29.2 Å². The first-order chi connectivity index (χ1) is 9.55. The molecular formula is C14H16N2O4. The van der Waals surface area contributed by atoms with Crippen LogP contribution in [0.25, 0.3) is 6.08 Å². The largest absolute Gasteiger partial charge is 0.504 e. The Kier molecular flexibility index (Phi) is 3.93. The SMILES string of the molecule is CCOC(=O)C1=Cc2cc(OC)c(O)cc2N=C(N)C1. The van der Waals surface area contributed by atoms with Crippen molar-refractivity contribution >= 4 is 23.6 Å². The van der Waals surface area contributed by atoms with Gasteiger partial charge in [0, 0.05) is 23.6 Å². The van der Waals surface area contributed by atoms with Gasteiger partial charge in [0.2, 0.25) is 0 Å². The van der Waals surface area contributed by atoms with Gasteiger partial charge in [0.1, 0.15) is 5.84 Å². The summed E-state index contributed by atoms with van der Waals surface area (Å²) < 4.78 is 10.0. The highest BCUT2D eigenvalue weighted by Crippen LogP contribution is 2.36. The second-order valence-electron chi connectivity index (χ2n) is 4.25. The zero-order valence-corrected chi connectivity index (χ0v) is 11.3. The summed E-state index contributed by atoms with van der Waals surface area (Å²) in [5.41, 5.74) is 7.33. The van der Waals surface area contributed by atoms with Crippen molar-refractivity contribution in [1.82, 2.24) is 0 Å². The highest BCUT2D eigenvalue weighted by Gasteiger charge is 2.18. The third-order valence-electron chi connectivity index (χ3n) is 2.83. The normalized spacial score (nSPS) is 13.7. The number of hydrogen-bond acceptors (Lipinski definition) is 6. The van der Waals surface area contributed by atoms with Crippen LogP contribution >= 0.6 is 0 Å². The molecule has 6 heteroatoms. The fraction of sp³-hybridized carbons (Fsp3) is 0.286. The van der Waals surface area contributed by atoms with Gasteiger partial charge in [-0.2, -0.15) is 0 Å². The number of rotatable bonds is 3. The standard InChI is InChI=1S/C14H16N2O4/c1-3-20-14(18)9-4-8-5-12(19-2)11(17)7-10(8)16-13(15)6-9/h4-5,7,17H,3,6H2,1-2H3,(H2,15,16). The molecule has 1 heterocycles. The Morgan fingerprint density at radius 3 is 2.90 bits per heavy atom. The molecule has 1 aromatic rings. The summed E-state index contributed by atoms with van der Waals surface area (Å²) in [5, 5.41) is 9.76. The maximum atomic E-state index is 11.8. The van der Waals surface area contributed by atoms with Gasteiger partial charge in [-0.3, -0.25) is 0 Å². The van der Waals surface area contributed by atoms with Crippen LogP contribution in [0.2, 0.25) is 0 Å². The van der Waals surface area contributed by atoms with Gasteiger partial charge in [-0.05, 0) is 19.1 Å². The van der Waals surface area contributed by atoms with Crippen molar-refractivity contribution in [3.63, 3.8) is 0 Å². The second-order valence-corrected chi connectivity index (χ2v) is 4.25. The van der Waals surface area contributed by atoms with Gasteiger partial charge in [-0.15, -0.1) is 0 Å². The molecule has 0 saturated heterocycles. The van der Waals surface area contributed by atoms with Crippen molar-refractivity contribution in [2.45, 2.75) is 13.3 Å². The third kappa shape index (κ3) is 2.74. The summed E-state index contributed by atoms with van der Waals surface area (Å²) in [5.74, 6) is 0.132. The van der Waals surface area contributed by atoms with E-state index in [4.69, 9.17) is 15.2 Å². The predicted molar refractivity (Wildman–Crippen MR) is 75.2 cm³/mol. The van der Waals surface area contributed by atoms with E-state index in [-0.39, 0.29) is 18.0 Å². The molecule has 0 saturated carbocycles. The fourth-order valence-electron chi connectivity index (χ4n) is 1.93. The van der Waals surface area contributed by atoms with Crippen LogP contribution in [0.4, 0.5) is 5.69 Å². The number of benzene rings is 1. The maximum Gasteiger partial charge on any atom is 0.334 e. The molecule has 3 N–H and O–H groups in total. The number of aromatic hydroxyl groups is 1. The molecule has 6 nitrogen and oxygen atoms in total. The van der Waals surface area contributed by atoms with Crippen LogP contribution in [0.15, 0.2) is 22.7 Å². The fourth-order valence-corrected chi connectivity index (χ4v) is 1.93. The first kappa shape index (κ1) is 13.9. The lowest BCUT2D eigenvalue weighted by Crippen LogP contribution is -2.16. The minimum atomic E-state index is -0.425. The van der Waals surface area contributed by atoms with Crippen LogP contribution in [0.5, 0.6) is 11.5 Å². The Balaban J connectivity index is 2.52. The molecule has 2 rings (SSSR count). The van der Waals surface area contributed by atoms with E-state index in [2.05, 4.69) is 4.99 Å². The molecule has 0 atom stereocenters. The monoisotopic (exact) mass is 276 g/mol. The number of hydrogen-bond donors (Lipinski definition) is 2. The second kappa shape index (κ2) is 5.64. The van der Waals surface area contributed by atoms with E-state index in [9.17, 15) is 9.90 Å². The number of aliphatic imine (C=N–C) groups is 1. The molecule has 0 fully saturated rings. The molecule has 0 aliphatic carbocycles. The smallest absolute Gasteiger partial charge is 0.334 e. The van der Waals surface area contributed by atoms with Gasteiger partial charge in [-0.1, -0.05) is 0 Å². The van der Waals surface area contributed by atoms with Crippen LogP contribution in [0, 0.1) is 0 Å². The number of ether oxygens (including phenoxy) is 2. The van der Waals surface area contributed by atoms with Crippen LogP contribution in [-0.2, 0) is 9.53 Å². The Morgan fingerprint density at radius 2 is 2.25 bits per heavy atom. The molecule has 0 radical (unpaired) electrons. The number of phenolic OH excluding ortho intramolecular Hbond substituents is 1. The van der Waals surface area contributed by atoms with Crippen LogP contribution in [-0.4, -0.2) is 30.6 Å². The summed E-state index contributed by atoms with van der Waals surface area (Å²) in [6.07, 6.45) is 1.86. The molecule has 0 unspecified atom stereocenters. The Hall–Kier alpha value is -2.50. The van der Waals surface area contributed by atoms with Crippen molar-refractivity contribution in [2.75, 3.05) is 13.7 Å². The van der Waals surface area contributed by atoms with Crippen molar-refractivity contribution in [2.24, 2.45) is 10.7 Å². The summed E-state index contributed by atoms with van der Waals surface area (Å²) in [4.78, 5) is 16.0. The first-order valence-corrected chi connectivity index (χ1v) is 6.17. The van der Waals surface area contributed by atoms with E-state index < -0.39 is 5.97 Å². The summed E-state index contributed by atoms with van der Waals surface area (Å²) in [6.45, 7) is 2.03. The Bertz CT molecular complexity index is 605. The molecule has 0 aromatic heterocycles. The summed E-state index contributed by atoms with van der Waals surface area (Å²) >= 11 is 0. The molecule has 1 aliphatic heterocycles. The highest BCUT2D eigenvalue weighted by atomic mass is 16.5. The van der Waals surface area contributed by atoms with E-state index in [1.807, 2.05) is 0 Å². The predicted octanol–water partition coefficient (Wildman–Crippen LogP) is 1.74. The van der Waals surface area contributed by atoms with Gasteiger partial charge < -0.3 is 20.3 Å². The molecule has 0 amide bonds. The number of nitrogens with two attached hydrogens (primary N) is 1. The lowest BCUT2D eigenvalue weighted by atomic mass is 10.1. The average Bonchev–Trinajstić information content (AvgIpc) is 2.56. The molecule has 1 aromatic carbocycles. The zero-order chi connectivity index (χ0) is 14.7. The van der Waals surface area contributed by atoms with Crippen LogP contribution in [0.1, 0.15) is 18.9 Å². The van der Waals surface area contributed by atoms with E-state index in [1.54, 1.807) is 19.1 Å². The van der Waals surface area contributed by atoms with Gasteiger partial charge >= 0.3 is 5.97 Å². The number of carbonyl (C=O) groups is 1. The maximum absolute atomic E-state index is 11.8. The molecular weight excluding hydrogens is 260 g/mol. The van der Waals surface area contributed by atoms with Crippen molar-refractivity contribution in [1.29, 1.82) is 0 Å². The summed E-state index contributed by atoms with van der Waals surface area (Å²) in [6, 6.07) is 3.05. The van der Waals surface area contributed by atoms with Gasteiger partial charge in [0.05, 0.1) is 19.4 Å². The first-order valence-electron chi connectivity index (χ1n) is 6.17. The number of carbonyl (C=O) groups excluding carboxylic acids is 1. The van der Waals surface area contributed by atoms with Gasteiger partial charge in [0.25, 0.3) is 0 Å². The van der Waals surface area contributed by atoms with Crippen LogP contribution in [0.3, 0.4) is 0 Å². The highest BCUT2D eigenvalue weighted by molar-refractivity contribution is 6.03. The van der Waals surface area contributed by atoms with Gasteiger partial charge in [0.15, 0.2) is 11.5 Å². The number of fused-ring (bicyclic) bond motifs is 1. The summed E-state index contributed by atoms with van der Waals surface area (Å²) in [7, 11) is 1.45. The van der Waals surface area contributed by atoms with E-state index in [1.165, 1.54) is 13.2 Å². The minimum absolute atomic E-state index is 0.0317. The number of amidine groups is 1. The van der Waals surface area contributed by atoms with Crippen molar-refractivity contribution in [3.05, 3.63) is 23.3 Å². The van der Waals surface area contributed by atoms with E-state index >= 15 is 0 Å². The average molecular weight is 276 g/mol. The molecule has 20 heavy (non-hydrogen) atoms. The third-order valence-corrected chi connectivity index (χ3v) is 2.83. The molecule has 0 spiro atoms. The lowest BCUT2D eigenvalue weighted by molar-refractivity contribution is -0.138. The number of phenols is 1. The lowest BCUT2D eigenvalue weighted by Gasteiger charge is -2.07. The topological polar surface area (TPSA) is 94.1 Å². The van der Waals surface area contributed by atoms with Crippen LogP contribution < -0.4 is 10.5 Å². The van der Waals surface area contributed by atoms with Crippen molar-refractivity contribution < 1.29 is 19.4 Å². The van der Waals surface area contributed by atoms with E-state index in [0.717, 1.165) is 0 Å². The molecule has 0 bridgehead atoms. The minimum Gasteiger partial charge on any atom is -0.504 e. The number of nitrogens with zero attached hydrogens (tertiary/aromatic N) is 1. The van der Waals surface area contributed by atoms with Gasteiger partial charge in [-0.25, -0.2) is 9.79 Å². The Labute approximate surface area is 116 Å². The van der Waals surface area contributed by atoms with Crippen molar-refractivity contribution in [3.8, 4) is 11.5 Å². The zero-order valence-electron chi connectivity index (χ0n) is 11.3. The molecule has 1 aliphatic rings. The quantitative estimate of drug-likeness (QED) is 0.820. The Morgan fingerprint density at radius 1 is 1.50 bits per heavy atom. The number of esters is 1.